The number of nitrogens with one attached hydrogen (secondary N) is 1. The first-order valence-corrected chi connectivity index (χ1v) is 19.1. The topological polar surface area (TPSA) is 156 Å². The quantitative estimate of drug-likeness (QED) is 0.0840. The highest BCUT2D eigenvalue weighted by Crippen LogP contribution is 2.60. The molecule has 3 aromatic rings. The Balaban J connectivity index is 1.32. The van der Waals surface area contributed by atoms with E-state index in [1.54, 1.807) is 33.6 Å². The van der Waals surface area contributed by atoms with Crippen molar-refractivity contribution in [1.29, 1.82) is 0 Å². The van der Waals surface area contributed by atoms with Crippen LogP contribution in [0, 0.1) is 11.8 Å². The van der Waals surface area contributed by atoms with E-state index in [0.717, 1.165) is 5.52 Å². The predicted octanol–water partition coefficient (Wildman–Crippen LogP) is 4.07. The number of esters is 1. The Labute approximate surface area is 317 Å². The molecule has 2 bridgehead atoms. The minimum Gasteiger partial charge on any atom is -0.455 e. The van der Waals surface area contributed by atoms with E-state index in [9.17, 15) is 24.3 Å². The molecule has 3 aliphatic rings. The molecule has 4 heterocycles. The zero-order chi connectivity index (χ0) is 37.7. The number of carbonyl (C=O) groups excluding carboxylic acids is 4. The summed E-state index contributed by atoms with van der Waals surface area (Å²) in [6, 6.07) is 15.0. The summed E-state index contributed by atoms with van der Waals surface area (Å²) in [5.74, 6) is -3.53. The van der Waals surface area contributed by atoms with Gasteiger partial charge >= 0.3 is 5.97 Å². The number of ether oxygens (including phenoxy) is 2. The first kappa shape index (κ1) is 38.3. The molecule has 1 spiro atoms. The van der Waals surface area contributed by atoms with E-state index in [1.165, 1.54) is 0 Å². The Kier molecular flexibility index (Phi) is 12.1. The normalized spacial score (nSPS) is 25.5. The van der Waals surface area contributed by atoms with Gasteiger partial charge in [-0.05, 0) is 56.7 Å². The van der Waals surface area contributed by atoms with Crippen molar-refractivity contribution in [3.63, 3.8) is 0 Å². The number of hydrogen-bond donors (Lipinski definition) is 2. The third-order valence-electron chi connectivity index (χ3n) is 10.5. The summed E-state index contributed by atoms with van der Waals surface area (Å²) in [5, 5.41) is 20.9. The molecule has 3 saturated heterocycles. The standard InChI is InChI=1S/C39H47BrN6O7/c1-4-6-19-30(48)41-25(3)33(26-15-9-7-10-16-26)52-38(51)31-32-36(49)45(21-13-8-14-22-47)35(39(32)23-27(40)34(31)53-39)37(50)44(20-5-2)24-46-29-18-12-11-17-28(29)42-43-46/h4-5,7,9-12,15-18,25,27,31-35,47H,1-2,6,8,13-14,19-24H2,3H3,(H,41,48)/t25-,27?,31+,32-,33-,34+,35+,39-/m0/s1. The fourth-order valence-corrected chi connectivity index (χ4v) is 9.10. The van der Waals surface area contributed by atoms with Crippen LogP contribution >= 0.6 is 15.9 Å². The van der Waals surface area contributed by atoms with E-state index >= 15 is 0 Å². The second-order valence-corrected chi connectivity index (χ2v) is 15.2. The second-order valence-electron chi connectivity index (χ2n) is 14.0. The summed E-state index contributed by atoms with van der Waals surface area (Å²) in [5.41, 5.74) is 0.793. The molecule has 2 aromatic carbocycles. The number of aliphatic hydroxyl groups is 1. The highest BCUT2D eigenvalue weighted by molar-refractivity contribution is 9.09. The van der Waals surface area contributed by atoms with Crippen molar-refractivity contribution in [3.05, 3.63) is 85.5 Å². The fraction of sp³-hybridized carbons (Fsp3) is 0.487. The molecule has 6 rings (SSSR count). The third-order valence-corrected chi connectivity index (χ3v) is 11.4. The lowest BCUT2D eigenvalue weighted by molar-refractivity contribution is -0.162. The minimum absolute atomic E-state index is 0.0154. The number of likely N-dealkylation sites (tertiary alicyclic amines) is 1. The Hall–Kier alpha value is -4.40. The summed E-state index contributed by atoms with van der Waals surface area (Å²) in [7, 11) is 0. The number of hydrogen-bond acceptors (Lipinski definition) is 9. The van der Waals surface area contributed by atoms with E-state index in [4.69, 9.17) is 9.47 Å². The average molecular weight is 792 g/mol. The lowest BCUT2D eigenvalue weighted by Crippen LogP contribution is -2.57. The van der Waals surface area contributed by atoms with Gasteiger partial charge in [-0.1, -0.05) is 75.8 Å². The summed E-state index contributed by atoms with van der Waals surface area (Å²) in [6.07, 6.45) is 4.51. The van der Waals surface area contributed by atoms with Crippen LogP contribution in [0.3, 0.4) is 0 Å². The zero-order valence-electron chi connectivity index (χ0n) is 29.9. The molecular weight excluding hydrogens is 744 g/mol. The third kappa shape index (κ3) is 7.54. The van der Waals surface area contributed by atoms with E-state index in [-0.39, 0.29) is 55.3 Å². The molecule has 3 amide bonds. The van der Waals surface area contributed by atoms with Crippen molar-refractivity contribution < 1.29 is 33.8 Å². The summed E-state index contributed by atoms with van der Waals surface area (Å²) >= 11 is 3.75. The first-order valence-electron chi connectivity index (χ1n) is 18.2. The van der Waals surface area contributed by atoms with Gasteiger partial charge in [0.1, 0.15) is 29.9 Å². The van der Waals surface area contributed by atoms with Crippen LogP contribution in [-0.4, -0.2) is 102 Å². The number of allylic oxidation sites excluding steroid dienone is 1. The largest absolute Gasteiger partial charge is 0.455 e. The van der Waals surface area contributed by atoms with Crippen molar-refractivity contribution in [1.82, 2.24) is 30.1 Å². The summed E-state index contributed by atoms with van der Waals surface area (Å²) in [4.78, 5) is 59.6. The Morgan fingerprint density at radius 1 is 1.13 bits per heavy atom. The minimum atomic E-state index is -1.32. The first-order chi connectivity index (χ1) is 25.6. The van der Waals surface area contributed by atoms with Crippen LogP contribution < -0.4 is 5.32 Å². The molecule has 8 atom stereocenters. The SMILES string of the molecule is C=CCCC(=O)N[C@@H](C)[C@H](OC(=O)[C@H]1[C@@H]2O[C@@]3(CC2Br)[C@@H]1C(=O)N(CCCCCO)[C@@H]3C(=O)N(CC=C)Cn1nnc2ccccc21)c1ccccc1. The van der Waals surface area contributed by atoms with Gasteiger partial charge in [0.05, 0.1) is 29.5 Å². The number of para-hydroxylation sites is 1. The molecule has 3 aliphatic heterocycles. The molecule has 2 N–H and O–H groups in total. The summed E-state index contributed by atoms with van der Waals surface area (Å²) < 4.78 is 14.7. The number of aromatic nitrogens is 3. The molecule has 0 aliphatic carbocycles. The number of rotatable bonds is 18. The van der Waals surface area contributed by atoms with Crippen molar-refractivity contribution in [3.8, 4) is 0 Å². The maximum atomic E-state index is 14.9. The van der Waals surface area contributed by atoms with Crippen molar-refractivity contribution in [2.24, 2.45) is 11.8 Å². The van der Waals surface area contributed by atoms with E-state index in [1.807, 2.05) is 54.6 Å². The predicted molar refractivity (Wildman–Crippen MR) is 200 cm³/mol. The number of amides is 3. The molecule has 1 unspecified atom stereocenters. The van der Waals surface area contributed by atoms with E-state index in [2.05, 4.69) is 44.7 Å². The molecule has 0 saturated carbocycles. The van der Waals surface area contributed by atoms with Crippen molar-refractivity contribution >= 4 is 50.7 Å². The van der Waals surface area contributed by atoms with Gasteiger partial charge in [0.2, 0.25) is 17.7 Å². The van der Waals surface area contributed by atoms with Gasteiger partial charge in [0.25, 0.3) is 0 Å². The van der Waals surface area contributed by atoms with Crippen LogP contribution in [0.25, 0.3) is 11.0 Å². The van der Waals surface area contributed by atoms with Crippen LogP contribution in [-0.2, 0) is 35.3 Å². The molecule has 53 heavy (non-hydrogen) atoms. The lowest BCUT2D eigenvalue weighted by atomic mass is 9.70. The van der Waals surface area contributed by atoms with Crippen LogP contribution in [0.4, 0.5) is 0 Å². The van der Waals surface area contributed by atoms with Crippen LogP contribution in [0.15, 0.2) is 79.9 Å². The van der Waals surface area contributed by atoms with Crippen LogP contribution in [0.1, 0.15) is 57.1 Å². The average Bonchev–Trinajstić information content (AvgIpc) is 3.88. The Morgan fingerprint density at radius 3 is 2.62 bits per heavy atom. The molecule has 282 valence electrons. The summed E-state index contributed by atoms with van der Waals surface area (Å²) in [6.45, 7) is 9.83. The van der Waals surface area contributed by atoms with Crippen molar-refractivity contribution in [2.75, 3.05) is 19.7 Å². The lowest BCUT2D eigenvalue weighted by Gasteiger charge is -2.37. The van der Waals surface area contributed by atoms with E-state index in [0.29, 0.717) is 43.2 Å². The molecule has 0 radical (unpaired) electrons. The zero-order valence-corrected chi connectivity index (χ0v) is 31.5. The number of fused-ring (bicyclic) bond motifs is 2. The number of benzene rings is 2. The molecule has 1 aromatic heterocycles. The second kappa shape index (κ2) is 16.7. The van der Waals surface area contributed by atoms with Gasteiger partial charge in [-0.15, -0.1) is 18.3 Å². The monoisotopic (exact) mass is 790 g/mol. The maximum Gasteiger partial charge on any atom is 0.313 e. The maximum absolute atomic E-state index is 14.9. The highest BCUT2D eigenvalue weighted by Gasteiger charge is 2.77. The Morgan fingerprint density at radius 2 is 1.89 bits per heavy atom. The van der Waals surface area contributed by atoms with Gasteiger partial charge in [-0.25, -0.2) is 4.68 Å². The molecule has 13 nitrogen and oxygen atoms in total. The smallest absolute Gasteiger partial charge is 0.313 e. The number of nitrogens with zero attached hydrogens (tertiary/aromatic N) is 5. The highest BCUT2D eigenvalue weighted by atomic mass is 79.9. The van der Waals surface area contributed by atoms with Gasteiger partial charge in [-0.3, -0.25) is 19.2 Å². The van der Waals surface area contributed by atoms with Crippen molar-refractivity contribution in [2.45, 2.75) is 86.8 Å². The Bertz CT molecular complexity index is 1820. The van der Waals surface area contributed by atoms with Crippen LogP contribution in [0.2, 0.25) is 0 Å². The number of carbonyl (C=O) groups is 4. The van der Waals surface area contributed by atoms with E-state index < -0.39 is 47.7 Å². The van der Waals surface area contributed by atoms with Gasteiger partial charge in [0.15, 0.2) is 0 Å². The number of alkyl halides is 1. The number of aliphatic hydroxyl groups excluding tert-OH is 1. The van der Waals surface area contributed by atoms with Gasteiger partial charge < -0.3 is 29.7 Å². The van der Waals surface area contributed by atoms with Gasteiger partial charge in [0, 0.05) is 30.9 Å². The number of unbranched alkanes of at least 4 members (excludes halogenated alkanes) is 2. The fourth-order valence-electron chi connectivity index (χ4n) is 8.16. The molecule has 14 heteroatoms. The molecule has 3 fully saturated rings. The van der Waals surface area contributed by atoms with Gasteiger partial charge in [-0.2, -0.15) is 0 Å². The number of halogens is 1. The molecular formula is C39H47BrN6O7. The van der Waals surface area contributed by atoms with Crippen LogP contribution in [0.5, 0.6) is 0 Å².